The molecule has 0 spiro atoms. The van der Waals surface area contributed by atoms with Crippen LogP contribution >= 0.6 is 0 Å². The number of hydrogen-bond acceptors (Lipinski definition) is 8. The van der Waals surface area contributed by atoms with Crippen LogP contribution < -0.4 is 20.1 Å². The molecular formula is C32H44N2O8. The first-order valence-corrected chi connectivity index (χ1v) is 14.6. The fraction of sp³-hybridized carbons (Fsp3) is 0.500. The number of alkyl carbamates (subject to hydrolysis) is 2. The predicted molar refractivity (Wildman–Crippen MR) is 163 cm³/mol. The lowest BCUT2D eigenvalue weighted by Gasteiger charge is -2.23. The van der Waals surface area contributed by atoms with Gasteiger partial charge in [0.1, 0.15) is 24.7 Å². The van der Waals surface area contributed by atoms with Gasteiger partial charge < -0.3 is 39.1 Å². The highest BCUT2D eigenvalue weighted by molar-refractivity contribution is 6.11. The molecule has 3 aromatic rings. The monoisotopic (exact) mass is 584 g/mol. The van der Waals surface area contributed by atoms with Crippen LogP contribution in [0, 0.1) is 0 Å². The van der Waals surface area contributed by atoms with Gasteiger partial charge >= 0.3 is 12.2 Å². The van der Waals surface area contributed by atoms with Crippen molar-refractivity contribution in [1.82, 2.24) is 10.6 Å². The van der Waals surface area contributed by atoms with Crippen LogP contribution in [0.3, 0.4) is 0 Å². The van der Waals surface area contributed by atoms with Crippen molar-refractivity contribution >= 4 is 33.7 Å². The number of rotatable bonds is 18. The molecule has 42 heavy (non-hydrogen) atoms. The molecule has 2 amide bonds. The minimum atomic E-state index is -0.606. The molecule has 0 aliphatic heterocycles. The zero-order valence-corrected chi connectivity index (χ0v) is 25.1. The van der Waals surface area contributed by atoms with E-state index in [2.05, 4.69) is 24.5 Å². The van der Waals surface area contributed by atoms with E-state index in [-0.39, 0.29) is 26.4 Å². The number of unbranched alkanes of at least 4 members (excludes halogenated alkanes) is 2. The Morgan fingerprint density at radius 3 is 1.29 bits per heavy atom. The molecule has 0 aromatic heterocycles. The Morgan fingerprint density at radius 1 is 0.619 bits per heavy atom. The summed E-state index contributed by atoms with van der Waals surface area (Å²) in [4.78, 5) is 24.0. The highest BCUT2D eigenvalue weighted by atomic mass is 16.6. The molecule has 0 aliphatic carbocycles. The molecule has 0 saturated carbocycles. The maximum absolute atomic E-state index is 12.0. The van der Waals surface area contributed by atoms with Crippen molar-refractivity contribution < 1.29 is 38.0 Å². The van der Waals surface area contributed by atoms with Crippen LogP contribution in [0.4, 0.5) is 9.59 Å². The second-order valence-electron chi connectivity index (χ2n) is 9.78. The van der Waals surface area contributed by atoms with E-state index in [0.717, 1.165) is 47.2 Å². The molecule has 10 heteroatoms. The van der Waals surface area contributed by atoms with Crippen molar-refractivity contribution in [3.8, 4) is 11.5 Å². The third-order valence-corrected chi connectivity index (χ3v) is 6.51. The summed E-state index contributed by atoms with van der Waals surface area (Å²) in [6.07, 6.45) is 1.55. The summed E-state index contributed by atoms with van der Waals surface area (Å²) < 4.78 is 35.3. The first-order valence-electron chi connectivity index (χ1n) is 14.6. The lowest BCUT2D eigenvalue weighted by atomic mass is 10.0. The van der Waals surface area contributed by atoms with Crippen LogP contribution in [0.1, 0.15) is 39.5 Å². The standard InChI is InChI=1S/C32H44N2O8/c1-5-7-17-37-19-23(41-31(35)33-3)21-39-29-25-13-9-11-15-27(25)30(28-16-12-10-14-26(28)29)40-22-24(42-32(36)34-4)20-38-18-8-6-2/h9-16,23-24H,5-8,17-22H2,1-4H3,(H,33,35)(H,34,36). The largest absolute Gasteiger partial charge is 0.488 e. The Balaban J connectivity index is 1.89. The highest BCUT2D eigenvalue weighted by Crippen LogP contribution is 2.42. The molecule has 230 valence electrons. The molecular weight excluding hydrogens is 540 g/mol. The lowest BCUT2D eigenvalue weighted by molar-refractivity contribution is -0.00163. The molecule has 0 saturated heterocycles. The Kier molecular flexibility index (Phi) is 14.0. The normalized spacial score (nSPS) is 12.5. The van der Waals surface area contributed by atoms with E-state index in [1.165, 1.54) is 14.1 Å². The number of benzene rings is 3. The molecule has 2 unspecified atom stereocenters. The summed E-state index contributed by atoms with van der Waals surface area (Å²) in [5.41, 5.74) is 0. The molecule has 10 nitrogen and oxygen atoms in total. The summed E-state index contributed by atoms with van der Waals surface area (Å²) in [7, 11) is 3.03. The van der Waals surface area contributed by atoms with E-state index in [1.54, 1.807) is 0 Å². The van der Waals surface area contributed by atoms with E-state index in [0.29, 0.717) is 24.7 Å². The molecule has 3 aromatic carbocycles. The topological polar surface area (TPSA) is 114 Å². The van der Waals surface area contributed by atoms with Gasteiger partial charge in [0, 0.05) is 48.9 Å². The van der Waals surface area contributed by atoms with Crippen molar-refractivity contribution in [1.29, 1.82) is 0 Å². The average Bonchev–Trinajstić information content (AvgIpc) is 3.02. The SMILES string of the molecule is CCCCOCC(COc1c2ccccc2c(OCC(COCCCC)OC(=O)NC)c2ccccc12)OC(=O)NC. The van der Waals surface area contributed by atoms with Gasteiger partial charge in [-0.05, 0) is 12.8 Å². The van der Waals surface area contributed by atoms with Gasteiger partial charge in [0.25, 0.3) is 0 Å². The molecule has 3 rings (SSSR count). The first kappa shape index (κ1) is 32.8. The molecule has 0 radical (unpaired) electrons. The quantitative estimate of drug-likeness (QED) is 0.142. The van der Waals surface area contributed by atoms with Gasteiger partial charge in [0.2, 0.25) is 0 Å². The summed E-state index contributed by atoms with van der Waals surface area (Å²) in [6.45, 7) is 5.98. The molecule has 0 heterocycles. The van der Waals surface area contributed by atoms with Crippen LogP contribution in [-0.2, 0) is 18.9 Å². The number of carbonyl (C=O) groups excluding carboxylic acids is 2. The third kappa shape index (κ3) is 9.66. The van der Waals surface area contributed by atoms with Crippen LogP contribution in [0.25, 0.3) is 21.5 Å². The number of fused-ring (bicyclic) bond motifs is 2. The Morgan fingerprint density at radius 2 is 0.976 bits per heavy atom. The van der Waals surface area contributed by atoms with Crippen molar-refractivity contribution in [3.63, 3.8) is 0 Å². The van der Waals surface area contributed by atoms with Gasteiger partial charge in [-0.15, -0.1) is 0 Å². The van der Waals surface area contributed by atoms with Crippen LogP contribution in [0.15, 0.2) is 48.5 Å². The molecule has 2 atom stereocenters. The van der Waals surface area contributed by atoms with E-state index in [9.17, 15) is 9.59 Å². The van der Waals surface area contributed by atoms with E-state index < -0.39 is 24.4 Å². The van der Waals surface area contributed by atoms with Crippen LogP contribution in [0.5, 0.6) is 11.5 Å². The van der Waals surface area contributed by atoms with Crippen molar-refractivity contribution in [3.05, 3.63) is 48.5 Å². The second kappa shape index (κ2) is 17.9. The summed E-state index contributed by atoms with van der Waals surface area (Å²) in [5, 5.41) is 8.31. The molecule has 2 N–H and O–H groups in total. The molecule has 0 bridgehead atoms. The minimum absolute atomic E-state index is 0.102. The Hall–Kier alpha value is -3.76. The predicted octanol–water partition coefficient (Wildman–Crippen LogP) is 5.83. The summed E-state index contributed by atoms with van der Waals surface area (Å²) in [6, 6.07) is 15.6. The van der Waals surface area contributed by atoms with Crippen molar-refractivity contribution in [2.45, 2.75) is 51.7 Å². The van der Waals surface area contributed by atoms with Crippen LogP contribution in [0.2, 0.25) is 0 Å². The maximum atomic E-state index is 12.0. The minimum Gasteiger partial charge on any atom is -0.488 e. The smallest absolute Gasteiger partial charge is 0.407 e. The van der Waals surface area contributed by atoms with Gasteiger partial charge in [-0.2, -0.15) is 0 Å². The van der Waals surface area contributed by atoms with Gasteiger partial charge in [-0.1, -0.05) is 75.2 Å². The number of nitrogens with one attached hydrogen (secondary N) is 2. The van der Waals surface area contributed by atoms with E-state index in [1.807, 2.05) is 48.5 Å². The Bertz CT molecular complexity index is 1110. The number of carbonyl (C=O) groups is 2. The van der Waals surface area contributed by atoms with E-state index in [4.69, 9.17) is 28.4 Å². The van der Waals surface area contributed by atoms with Crippen molar-refractivity contribution in [2.24, 2.45) is 0 Å². The zero-order chi connectivity index (χ0) is 30.2. The first-order chi connectivity index (χ1) is 20.5. The molecule has 0 fully saturated rings. The number of amides is 2. The summed E-state index contributed by atoms with van der Waals surface area (Å²) in [5.74, 6) is 1.29. The average molecular weight is 585 g/mol. The third-order valence-electron chi connectivity index (χ3n) is 6.51. The molecule has 0 aliphatic rings. The maximum Gasteiger partial charge on any atom is 0.407 e. The highest BCUT2D eigenvalue weighted by Gasteiger charge is 2.22. The van der Waals surface area contributed by atoms with Crippen molar-refractivity contribution in [2.75, 3.05) is 53.7 Å². The lowest BCUT2D eigenvalue weighted by Crippen LogP contribution is -2.34. The van der Waals surface area contributed by atoms with Gasteiger partial charge in [0.05, 0.1) is 13.2 Å². The van der Waals surface area contributed by atoms with Gasteiger partial charge in [-0.3, -0.25) is 0 Å². The zero-order valence-electron chi connectivity index (χ0n) is 25.1. The fourth-order valence-corrected chi connectivity index (χ4v) is 4.29. The van der Waals surface area contributed by atoms with Crippen LogP contribution in [-0.4, -0.2) is 78.1 Å². The van der Waals surface area contributed by atoms with Gasteiger partial charge in [-0.25, -0.2) is 9.59 Å². The fourth-order valence-electron chi connectivity index (χ4n) is 4.29. The van der Waals surface area contributed by atoms with Gasteiger partial charge in [0.15, 0.2) is 12.2 Å². The second-order valence-corrected chi connectivity index (χ2v) is 9.78. The number of hydrogen-bond donors (Lipinski definition) is 2. The Labute approximate surface area is 247 Å². The summed E-state index contributed by atoms with van der Waals surface area (Å²) >= 11 is 0. The van der Waals surface area contributed by atoms with E-state index >= 15 is 0 Å². The number of ether oxygens (including phenoxy) is 6.